The Labute approximate surface area is 163 Å². The summed E-state index contributed by atoms with van der Waals surface area (Å²) in [5.74, 6) is 1.32. The van der Waals surface area contributed by atoms with Crippen molar-refractivity contribution in [3.8, 4) is 11.5 Å². The van der Waals surface area contributed by atoms with Crippen LogP contribution in [0.2, 0.25) is 10.0 Å². The molecule has 26 heavy (non-hydrogen) atoms. The van der Waals surface area contributed by atoms with Crippen LogP contribution < -0.4 is 19.9 Å². The number of rotatable bonds is 9. The van der Waals surface area contributed by atoms with Crippen LogP contribution >= 0.6 is 23.2 Å². The van der Waals surface area contributed by atoms with Crippen molar-refractivity contribution in [1.82, 2.24) is 4.72 Å². The van der Waals surface area contributed by atoms with Gasteiger partial charge in [0, 0.05) is 23.7 Å². The van der Waals surface area contributed by atoms with Gasteiger partial charge >= 0.3 is 0 Å². The number of hydrogen-bond acceptors (Lipinski definition) is 5. The van der Waals surface area contributed by atoms with Gasteiger partial charge in [-0.05, 0) is 36.8 Å². The Kier molecular flexibility index (Phi) is 7.55. The molecule has 2 rings (SSSR count). The van der Waals surface area contributed by atoms with Crippen LogP contribution in [0.1, 0.15) is 6.42 Å². The van der Waals surface area contributed by atoms with E-state index >= 15 is 0 Å². The lowest BCUT2D eigenvalue weighted by Crippen LogP contribution is -2.34. The number of halogens is 2. The van der Waals surface area contributed by atoms with Crippen molar-refractivity contribution < 1.29 is 17.9 Å². The molecule has 0 bridgehead atoms. The molecule has 1 atom stereocenters. The summed E-state index contributed by atoms with van der Waals surface area (Å²) in [6.07, 6.45) is 0.397. The topological polar surface area (TPSA) is 90.7 Å². The van der Waals surface area contributed by atoms with E-state index in [1.165, 1.54) is 18.2 Å². The Bertz CT molecular complexity index is 846. The minimum Gasteiger partial charge on any atom is -0.497 e. The van der Waals surface area contributed by atoms with Crippen molar-refractivity contribution in [2.45, 2.75) is 17.4 Å². The number of nitrogens with one attached hydrogen (secondary N) is 1. The lowest BCUT2D eigenvalue weighted by molar-refractivity contribution is 0.281. The van der Waals surface area contributed by atoms with Gasteiger partial charge in [0.2, 0.25) is 10.0 Å². The van der Waals surface area contributed by atoms with Gasteiger partial charge in [0.25, 0.3) is 0 Å². The summed E-state index contributed by atoms with van der Waals surface area (Å²) in [5, 5.41) is 0.432. The highest BCUT2D eigenvalue weighted by atomic mass is 35.5. The highest BCUT2D eigenvalue weighted by Gasteiger charge is 2.18. The van der Waals surface area contributed by atoms with Crippen molar-refractivity contribution in [3.05, 3.63) is 52.5 Å². The molecule has 0 aliphatic heterocycles. The molecule has 0 spiro atoms. The van der Waals surface area contributed by atoms with E-state index in [9.17, 15) is 8.42 Å². The largest absolute Gasteiger partial charge is 0.497 e. The van der Waals surface area contributed by atoms with Crippen LogP contribution in [0.3, 0.4) is 0 Å². The summed E-state index contributed by atoms with van der Waals surface area (Å²) in [6.45, 7) is 0.403. The zero-order valence-electron chi connectivity index (χ0n) is 14.1. The first kappa shape index (κ1) is 20.8. The predicted octanol–water partition coefficient (Wildman–Crippen LogP) is 3.08. The predicted molar refractivity (Wildman–Crippen MR) is 103 cm³/mol. The third-order valence-corrected chi connectivity index (χ3v) is 5.67. The Morgan fingerprint density at radius 2 is 1.88 bits per heavy atom. The second-order valence-corrected chi connectivity index (χ2v) is 8.09. The van der Waals surface area contributed by atoms with E-state index in [0.29, 0.717) is 22.9 Å². The van der Waals surface area contributed by atoms with Crippen LogP contribution in [0.15, 0.2) is 47.4 Å². The summed E-state index contributed by atoms with van der Waals surface area (Å²) in [5.41, 5.74) is 5.98. The SMILES string of the molecule is COc1cccc(OCC(N)CCNS(=O)(=O)c2ccc(Cl)cc2Cl)c1. The first-order valence-corrected chi connectivity index (χ1v) is 10.0. The number of methoxy groups -OCH3 is 1. The molecular weight excluding hydrogens is 399 g/mol. The number of hydrogen-bond donors (Lipinski definition) is 2. The van der Waals surface area contributed by atoms with Crippen molar-refractivity contribution in [3.63, 3.8) is 0 Å². The molecule has 2 aromatic rings. The summed E-state index contributed by atoms with van der Waals surface area (Å²) in [6, 6.07) is 11.0. The minimum atomic E-state index is -3.73. The molecule has 0 saturated heterocycles. The van der Waals surface area contributed by atoms with Gasteiger partial charge in [-0.1, -0.05) is 29.3 Å². The van der Waals surface area contributed by atoms with Gasteiger partial charge in [-0.25, -0.2) is 13.1 Å². The summed E-state index contributed by atoms with van der Waals surface area (Å²) < 4.78 is 37.7. The van der Waals surface area contributed by atoms with Crippen LogP contribution in [0.5, 0.6) is 11.5 Å². The number of benzene rings is 2. The molecule has 9 heteroatoms. The average molecular weight is 419 g/mol. The Morgan fingerprint density at radius 3 is 2.58 bits per heavy atom. The smallest absolute Gasteiger partial charge is 0.242 e. The molecule has 0 aromatic heterocycles. The van der Waals surface area contributed by atoms with Crippen LogP contribution in [-0.4, -0.2) is 34.7 Å². The van der Waals surface area contributed by atoms with E-state index in [-0.39, 0.29) is 29.1 Å². The van der Waals surface area contributed by atoms with E-state index in [2.05, 4.69) is 4.72 Å². The second-order valence-electron chi connectivity index (χ2n) is 5.51. The van der Waals surface area contributed by atoms with Gasteiger partial charge in [-0.15, -0.1) is 0 Å². The first-order valence-electron chi connectivity index (χ1n) is 7.79. The quantitative estimate of drug-likeness (QED) is 0.652. The van der Waals surface area contributed by atoms with E-state index in [0.717, 1.165) is 0 Å². The molecule has 0 fully saturated rings. The normalized spacial score (nSPS) is 12.6. The van der Waals surface area contributed by atoms with Crippen LogP contribution in [-0.2, 0) is 10.0 Å². The van der Waals surface area contributed by atoms with E-state index in [1.54, 1.807) is 19.2 Å². The van der Waals surface area contributed by atoms with Gasteiger partial charge in [0.1, 0.15) is 23.0 Å². The maximum absolute atomic E-state index is 12.3. The van der Waals surface area contributed by atoms with E-state index in [4.69, 9.17) is 38.4 Å². The fraction of sp³-hybridized carbons (Fsp3) is 0.294. The fourth-order valence-electron chi connectivity index (χ4n) is 2.13. The van der Waals surface area contributed by atoms with Gasteiger partial charge in [0.05, 0.1) is 12.1 Å². The van der Waals surface area contributed by atoms with Crippen molar-refractivity contribution in [2.24, 2.45) is 5.73 Å². The standard InChI is InChI=1S/C17H20Cl2N2O4S/c1-24-14-3-2-4-15(10-14)25-11-13(20)7-8-21-26(22,23)17-6-5-12(18)9-16(17)19/h2-6,9-10,13,21H,7-8,11,20H2,1H3. The molecule has 142 valence electrons. The highest BCUT2D eigenvalue weighted by molar-refractivity contribution is 7.89. The molecule has 0 heterocycles. The Morgan fingerprint density at radius 1 is 1.15 bits per heavy atom. The first-order chi connectivity index (χ1) is 12.3. The zero-order valence-corrected chi connectivity index (χ0v) is 16.4. The van der Waals surface area contributed by atoms with E-state index < -0.39 is 10.0 Å². The Hall–Kier alpha value is -1.51. The zero-order chi connectivity index (χ0) is 19.2. The molecule has 0 aliphatic carbocycles. The number of sulfonamides is 1. The highest BCUT2D eigenvalue weighted by Crippen LogP contribution is 2.24. The van der Waals surface area contributed by atoms with Gasteiger partial charge < -0.3 is 15.2 Å². The van der Waals surface area contributed by atoms with Gasteiger partial charge in [-0.2, -0.15) is 0 Å². The van der Waals surface area contributed by atoms with Crippen molar-refractivity contribution in [1.29, 1.82) is 0 Å². The van der Waals surface area contributed by atoms with E-state index in [1.807, 2.05) is 12.1 Å². The summed E-state index contributed by atoms with van der Waals surface area (Å²) in [7, 11) is -2.16. The number of nitrogens with two attached hydrogens (primary N) is 1. The van der Waals surface area contributed by atoms with Crippen molar-refractivity contribution in [2.75, 3.05) is 20.3 Å². The molecule has 6 nitrogen and oxygen atoms in total. The second kappa shape index (κ2) is 9.43. The molecule has 2 aromatic carbocycles. The molecule has 1 unspecified atom stereocenters. The maximum atomic E-state index is 12.3. The molecule has 0 aliphatic rings. The van der Waals surface area contributed by atoms with Crippen LogP contribution in [0.4, 0.5) is 0 Å². The summed E-state index contributed by atoms with van der Waals surface area (Å²) in [4.78, 5) is -0.0234. The maximum Gasteiger partial charge on any atom is 0.242 e. The molecular formula is C17H20Cl2N2O4S. The van der Waals surface area contributed by atoms with Crippen LogP contribution in [0.25, 0.3) is 0 Å². The lowest BCUT2D eigenvalue weighted by atomic mass is 10.2. The summed E-state index contributed by atoms with van der Waals surface area (Å²) >= 11 is 11.7. The van der Waals surface area contributed by atoms with Crippen molar-refractivity contribution >= 4 is 33.2 Å². The monoisotopic (exact) mass is 418 g/mol. The lowest BCUT2D eigenvalue weighted by Gasteiger charge is -2.14. The molecule has 3 N–H and O–H groups in total. The average Bonchev–Trinajstić information content (AvgIpc) is 2.59. The third kappa shape index (κ3) is 6.03. The molecule has 0 saturated carbocycles. The molecule has 0 radical (unpaired) electrons. The van der Waals surface area contributed by atoms with Gasteiger partial charge in [0.15, 0.2) is 0 Å². The number of ether oxygens (including phenoxy) is 2. The molecule has 0 amide bonds. The fourth-order valence-corrected chi connectivity index (χ4v) is 3.95. The third-order valence-electron chi connectivity index (χ3n) is 3.50. The minimum absolute atomic E-state index is 0.0234. The van der Waals surface area contributed by atoms with Crippen LogP contribution in [0, 0.1) is 0 Å². The van der Waals surface area contributed by atoms with Gasteiger partial charge in [-0.3, -0.25) is 0 Å². The Balaban J connectivity index is 1.82.